The molecule has 0 saturated carbocycles. The molecule has 1 aliphatic heterocycles. The molecule has 2 rings (SSSR count). The molecule has 2 heterocycles. The van der Waals surface area contributed by atoms with E-state index in [2.05, 4.69) is 20.3 Å². The fourth-order valence-electron chi connectivity index (χ4n) is 1.88. The van der Waals surface area contributed by atoms with Gasteiger partial charge in [-0.1, -0.05) is 34.9 Å². The lowest BCUT2D eigenvalue weighted by atomic mass is 10.4. The molecule has 0 atom stereocenters. The van der Waals surface area contributed by atoms with Crippen molar-refractivity contribution in [3.05, 3.63) is 11.1 Å². The van der Waals surface area contributed by atoms with E-state index in [9.17, 15) is 14.4 Å². The van der Waals surface area contributed by atoms with Gasteiger partial charge in [-0.25, -0.2) is 9.59 Å². The smallest absolute Gasteiger partial charge is 0.413 e. The normalized spacial score (nSPS) is 15.4. The van der Waals surface area contributed by atoms with E-state index in [-0.39, 0.29) is 12.5 Å². The molecule has 0 radical (unpaired) electrons. The van der Waals surface area contributed by atoms with E-state index in [4.69, 9.17) is 4.74 Å². The molecule has 142 valence electrons. The number of carbonyl (C=O) groups is 3. The number of rotatable bonds is 8. The van der Waals surface area contributed by atoms with E-state index in [0.717, 1.165) is 6.42 Å². The maximum Gasteiger partial charge on any atom is 0.413 e. The summed E-state index contributed by atoms with van der Waals surface area (Å²) in [6, 6.07) is 0. The molecule has 1 fully saturated rings. The van der Waals surface area contributed by atoms with Gasteiger partial charge in [0.05, 0.1) is 30.6 Å². The van der Waals surface area contributed by atoms with Crippen LogP contribution in [0.4, 0.5) is 9.93 Å². The van der Waals surface area contributed by atoms with E-state index in [1.807, 2.05) is 0 Å². The van der Waals surface area contributed by atoms with Crippen LogP contribution in [-0.4, -0.2) is 64.8 Å². The van der Waals surface area contributed by atoms with Gasteiger partial charge in [0.15, 0.2) is 4.34 Å². The Morgan fingerprint density at radius 3 is 2.96 bits per heavy atom. The van der Waals surface area contributed by atoms with Crippen molar-refractivity contribution in [2.24, 2.45) is 0 Å². The largest absolute Gasteiger partial charge is 0.466 e. The molecule has 0 unspecified atom stereocenters. The van der Waals surface area contributed by atoms with Crippen molar-refractivity contribution >= 4 is 58.0 Å². The third kappa shape index (κ3) is 6.18. The number of aromatic nitrogens is 2. The minimum absolute atomic E-state index is 0.0213. The zero-order chi connectivity index (χ0) is 18.9. The maximum atomic E-state index is 11.9. The van der Waals surface area contributed by atoms with Crippen LogP contribution in [0.15, 0.2) is 15.4 Å². The summed E-state index contributed by atoms with van der Waals surface area (Å²) in [4.78, 5) is 36.2. The van der Waals surface area contributed by atoms with Crippen molar-refractivity contribution in [2.45, 2.75) is 17.7 Å². The SMILES string of the molecule is CCOC(=O)Nc1nnc(SCCCN2C(=O)CS/C2=C\C(=O)OC)s1. The number of esters is 1. The summed E-state index contributed by atoms with van der Waals surface area (Å²) in [7, 11) is 1.30. The van der Waals surface area contributed by atoms with Crippen molar-refractivity contribution < 1.29 is 23.9 Å². The summed E-state index contributed by atoms with van der Waals surface area (Å²) in [6.07, 6.45) is 1.49. The number of nitrogens with one attached hydrogen (secondary N) is 1. The second-order valence-corrected chi connectivity index (χ2v) is 8.08. The lowest BCUT2D eigenvalue weighted by Gasteiger charge is -2.16. The van der Waals surface area contributed by atoms with E-state index in [1.54, 1.807) is 11.8 Å². The van der Waals surface area contributed by atoms with E-state index in [1.165, 1.54) is 48.0 Å². The molecule has 1 aromatic rings. The van der Waals surface area contributed by atoms with Gasteiger partial charge in [-0.15, -0.1) is 10.2 Å². The van der Waals surface area contributed by atoms with Gasteiger partial charge in [-0.3, -0.25) is 10.1 Å². The van der Waals surface area contributed by atoms with Crippen molar-refractivity contribution in [2.75, 3.05) is 37.1 Å². The van der Waals surface area contributed by atoms with Crippen molar-refractivity contribution in [3.8, 4) is 0 Å². The van der Waals surface area contributed by atoms with Crippen LogP contribution in [0.1, 0.15) is 13.3 Å². The van der Waals surface area contributed by atoms with Crippen LogP contribution in [0.25, 0.3) is 0 Å². The van der Waals surface area contributed by atoms with Gasteiger partial charge in [-0.05, 0) is 13.3 Å². The Morgan fingerprint density at radius 1 is 1.42 bits per heavy atom. The Morgan fingerprint density at radius 2 is 2.23 bits per heavy atom. The average Bonchev–Trinajstić information content (AvgIpc) is 3.19. The molecule has 0 aromatic carbocycles. The lowest BCUT2D eigenvalue weighted by molar-refractivity contribution is -0.134. The number of thioether (sulfide) groups is 2. The van der Waals surface area contributed by atoms with Gasteiger partial charge >= 0.3 is 12.1 Å². The van der Waals surface area contributed by atoms with Gasteiger partial charge in [0, 0.05) is 12.3 Å². The number of carbonyl (C=O) groups excluding carboxylic acids is 3. The Labute approximate surface area is 162 Å². The number of ether oxygens (including phenoxy) is 2. The van der Waals surface area contributed by atoms with Crippen molar-refractivity contribution in [3.63, 3.8) is 0 Å². The van der Waals surface area contributed by atoms with Crippen LogP contribution in [0.2, 0.25) is 0 Å². The van der Waals surface area contributed by atoms with Gasteiger partial charge in [0.1, 0.15) is 0 Å². The van der Waals surface area contributed by atoms with Gasteiger partial charge < -0.3 is 14.4 Å². The van der Waals surface area contributed by atoms with E-state index >= 15 is 0 Å². The van der Waals surface area contributed by atoms with Crippen LogP contribution in [0.3, 0.4) is 0 Å². The Balaban J connectivity index is 1.77. The highest BCUT2D eigenvalue weighted by Gasteiger charge is 2.26. The first-order valence-electron chi connectivity index (χ1n) is 7.66. The number of amides is 2. The lowest BCUT2D eigenvalue weighted by Crippen LogP contribution is -2.26. The van der Waals surface area contributed by atoms with Gasteiger partial charge in [0.25, 0.3) is 0 Å². The number of nitrogens with zero attached hydrogens (tertiary/aromatic N) is 3. The van der Waals surface area contributed by atoms with Crippen LogP contribution in [0, 0.1) is 0 Å². The minimum Gasteiger partial charge on any atom is -0.466 e. The van der Waals surface area contributed by atoms with Crippen LogP contribution in [-0.2, 0) is 19.1 Å². The molecule has 1 saturated heterocycles. The Hall–Kier alpha value is -1.79. The second-order valence-electron chi connectivity index (χ2n) is 4.76. The first kappa shape index (κ1) is 20.5. The van der Waals surface area contributed by atoms with Crippen LogP contribution < -0.4 is 5.32 Å². The van der Waals surface area contributed by atoms with E-state index < -0.39 is 12.1 Å². The molecule has 2 amide bonds. The third-order valence-corrected chi connectivity index (χ3v) is 6.08. The first-order chi connectivity index (χ1) is 12.5. The Bertz CT molecular complexity index is 694. The molecule has 26 heavy (non-hydrogen) atoms. The topological polar surface area (TPSA) is 111 Å². The molecule has 1 aromatic heterocycles. The number of hydrogen-bond donors (Lipinski definition) is 1. The summed E-state index contributed by atoms with van der Waals surface area (Å²) in [6.45, 7) is 2.51. The highest BCUT2D eigenvalue weighted by Crippen LogP contribution is 2.30. The number of anilines is 1. The summed E-state index contributed by atoms with van der Waals surface area (Å²) in [5.74, 6) is 0.549. The quantitative estimate of drug-likeness (QED) is 0.223. The maximum absolute atomic E-state index is 11.9. The predicted octanol–water partition coefficient (Wildman–Crippen LogP) is 2.18. The molecule has 9 nitrogen and oxygen atoms in total. The fourth-order valence-corrected chi connectivity index (χ4v) is 4.57. The number of hydrogen-bond acceptors (Lipinski definition) is 10. The number of methoxy groups -OCH3 is 1. The average molecular weight is 419 g/mol. The third-order valence-electron chi connectivity index (χ3n) is 3.00. The monoisotopic (exact) mass is 418 g/mol. The summed E-state index contributed by atoms with van der Waals surface area (Å²) < 4.78 is 10.1. The molecule has 12 heteroatoms. The molecular weight excluding hydrogens is 400 g/mol. The molecule has 0 spiro atoms. The molecule has 0 bridgehead atoms. The minimum atomic E-state index is -0.560. The summed E-state index contributed by atoms with van der Waals surface area (Å²) in [5.41, 5.74) is 0. The van der Waals surface area contributed by atoms with Gasteiger partial charge in [0.2, 0.25) is 11.0 Å². The fraction of sp³-hybridized carbons (Fsp3) is 0.500. The van der Waals surface area contributed by atoms with Crippen LogP contribution in [0.5, 0.6) is 0 Å². The summed E-state index contributed by atoms with van der Waals surface area (Å²) >= 11 is 4.06. The zero-order valence-corrected chi connectivity index (χ0v) is 16.7. The highest BCUT2D eigenvalue weighted by atomic mass is 32.2. The molecular formula is C14H18N4O5S3. The standard InChI is InChI=1S/C14H18N4O5S3/c1-3-23-13(21)15-12-16-17-14(26-12)24-6-4-5-18-9(19)8-25-10(18)7-11(20)22-2/h7H,3-6,8H2,1-2H3,(H,15,16,21)/b10-7-. The second kappa shape index (κ2) is 10.4. The first-order valence-corrected chi connectivity index (χ1v) is 10.4. The van der Waals surface area contributed by atoms with Crippen molar-refractivity contribution in [1.29, 1.82) is 0 Å². The van der Waals surface area contributed by atoms with Gasteiger partial charge in [-0.2, -0.15) is 0 Å². The van der Waals surface area contributed by atoms with Crippen molar-refractivity contribution in [1.82, 2.24) is 15.1 Å². The Kier molecular flexibility index (Phi) is 8.19. The molecule has 1 N–H and O–H groups in total. The highest BCUT2D eigenvalue weighted by molar-refractivity contribution is 8.04. The summed E-state index contributed by atoms with van der Waals surface area (Å²) in [5, 5.41) is 11.3. The van der Waals surface area contributed by atoms with Crippen LogP contribution >= 0.6 is 34.9 Å². The zero-order valence-electron chi connectivity index (χ0n) is 14.2. The predicted molar refractivity (Wildman–Crippen MR) is 100 cm³/mol. The molecule has 0 aliphatic carbocycles. The molecule has 1 aliphatic rings. The van der Waals surface area contributed by atoms with E-state index in [0.29, 0.717) is 32.6 Å².